The normalized spacial score (nSPS) is 13.9. The van der Waals surface area contributed by atoms with Gasteiger partial charge < -0.3 is 25.7 Å². The SMILES string of the molecule is Cc1ccc(N)c(C=N)c1-c1cc2c(cc1Cl)c(N1CCN(C(=O)OC(C)(C)C)CC1)nc(=O)n2-c1ccccc1C(C)C. The van der Waals surface area contributed by atoms with E-state index in [0.717, 1.165) is 22.4 Å². The van der Waals surface area contributed by atoms with Crippen molar-refractivity contribution in [3.63, 3.8) is 0 Å². The number of ether oxygens (including phenoxy) is 1. The van der Waals surface area contributed by atoms with Gasteiger partial charge in [-0.2, -0.15) is 4.98 Å². The lowest BCUT2D eigenvalue weighted by Crippen LogP contribution is -2.50. The molecule has 3 N–H and O–H groups in total. The minimum Gasteiger partial charge on any atom is -0.444 e. The molecule has 0 saturated carbocycles. The van der Waals surface area contributed by atoms with Gasteiger partial charge in [0.25, 0.3) is 0 Å². The van der Waals surface area contributed by atoms with E-state index in [1.165, 1.54) is 6.21 Å². The third kappa shape index (κ3) is 5.88. The van der Waals surface area contributed by atoms with Crippen molar-refractivity contribution in [1.82, 2.24) is 14.5 Å². The highest BCUT2D eigenvalue weighted by molar-refractivity contribution is 6.34. The molecule has 1 saturated heterocycles. The minimum absolute atomic E-state index is 0.154. The Morgan fingerprint density at radius 2 is 1.77 bits per heavy atom. The minimum atomic E-state index is -0.587. The van der Waals surface area contributed by atoms with E-state index in [4.69, 9.17) is 27.5 Å². The zero-order valence-corrected chi connectivity index (χ0v) is 26.8. The fourth-order valence-corrected chi connectivity index (χ4v) is 6.02. The van der Waals surface area contributed by atoms with Gasteiger partial charge in [0.05, 0.1) is 11.2 Å². The molecule has 9 nitrogen and oxygen atoms in total. The second-order valence-electron chi connectivity index (χ2n) is 12.5. The first kappa shape index (κ1) is 31.1. The zero-order chi connectivity index (χ0) is 31.9. The molecule has 0 radical (unpaired) electrons. The number of rotatable bonds is 5. The molecule has 0 atom stereocenters. The number of amides is 1. The molecule has 1 aliphatic rings. The van der Waals surface area contributed by atoms with E-state index in [-0.39, 0.29) is 12.0 Å². The van der Waals surface area contributed by atoms with Crippen molar-refractivity contribution < 1.29 is 9.53 Å². The average molecular weight is 615 g/mol. The summed E-state index contributed by atoms with van der Waals surface area (Å²) in [6.07, 6.45) is 0.879. The first-order valence-corrected chi connectivity index (χ1v) is 15.2. The number of fused-ring (bicyclic) bond motifs is 1. The molecular formula is C34H39ClN6O3. The van der Waals surface area contributed by atoms with E-state index in [1.807, 2.05) is 75.1 Å². The standard InChI is InChI=1S/C34H39ClN6O3/c1-20(2)22-9-7-8-10-28(22)41-29-18-23(30-21(3)11-12-27(37)25(30)19-36)26(35)17-24(29)31(38-32(41)42)39-13-15-40(16-14-39)33(43)44-34(4,5)6/h7-12,17-20,36H,13-16,37H2,1-6H3. The highest BCUT2D eigenvalue weighted by Crippen LogP contribution is 2.40. The van der Waals surface area contributed by atoms with Crippen LogP contribution in [-0.2, 0) is 4.74 Å². The van der Waals surface area contributed by atoms with Crippen molar-refractivity contribution in [1.29, 1.82) is 5.41 Å². The number of para-hydroxylation sites is 1. The van der Waals surface area contributed by atoms with Crippen LogP contribution in [0.15, 0.2) is 53.3 Å². The van der Waals surface area contributed by atoms with Crippen LogP contribution in [0.1, 0.15) is 57.2 Å². The number of halogens is 1. The summed E-state index contributed by atoms with van der Waals surface area (Å²) in [7, 11) is 0. The van der Waals surface area contributed by atoms with Crippen molar-refractivity contribution in [2.75, 3.05) is 36.8 Å². The molecular weight excluding hydrogens is 576 g/mol. The highest BCUT2D eigenvalue weighted by Gasteiger charge is 2.29. The Bertz CT molecular complexity index is 1820. The van der Waals surface area contributed by atoms with Crippen LogP contribution < -0.4 is 16.3 Å². The van der Waals surface area contributed by atoms with Crippen molar-refractivity contribution in [3.8, 4) is 16.8 Å². The van der Waals surface area contributed by atoms with Gasteiger partial charge >= 0.3 is 11.8 Å². The topological polar surface area (TPSA) is 118 Å². The molecule has 1 aliphatic heterocycles. The van der Waals surface area contributed by atoms with E-state index >= 15 is 0 Å². The first-order valence-electron chi connectivity index (χ1n) is 14.8. The summed E-state index contributed by atoms with van der Waals surface area (Å²) in [5.41, 5.74) is 11.0. The largest absolute Gasteiger partial charge is 0.444 e. The number of anilines is 2. The predicted molar refractivity (Wildman–Crippen MR) is 179 cm³/mol. The molecule has 1 aromatic heterocycles. The maximum absolute atomic E-state index is 14.0. The van der Waals surface area contributed by atoms with Gasteiger partial charge in [0, 0.05) is 59.6 Å². The van der Waals surface area contributed by atoms with Gasteiger partial charge in [-0.05, 0) is 74.6 Å². The van der Waals surface area contributed by atoms with Crippen LogP contribution in [-0.4, -0.2) is 58.5 Å². The number of piperazine rings is 1. The summed E-state index contributed by atoms with van der Waals surface area (Å²) in [6.45, 7) is 13.5. The highest BCUT2D eigenvalue weighted by atomic mass is 35.5. The second kappa shape index (κ2) is 12.0. The van der Waals surface area contributed by atoms with Crippen LogP contribution in [0.2, 0.25) is 5.02 Å². The number of nitrogens with one attached hydrogen (secondary N) is 1. The number of nitrogens with two attached hydrogens (primary N) is 1. The molecule has 0 spiro atoms. The fraction of sp³-hybridized carbons (Fsp3) is 0.353. The molecule has 0 aliphatic carbocycles. The van der Waals surface area contributed by atoms with Crippen molar-refractivity contribution in [2.45, 2.75) is 53.1 Å². The molecule has 0 unspecified atom stereocenters. The van der Waals surface area contributed by atoms with Gasteiger partial charge in [-0.25, -0.2) is 9.59 Å². The quantitative estimate of drug-likeness (QED) is 0.189. The summed E-state index contributed by atoms with van der Waals surface area (Å²) >= 11 is 7.03. The maximum Gasteiger partial charge on any atom is 0.410 e. The number of benzene rings is 3. The summed E-state index contributed by atoms with van der Waals surface area (Å²) < 4.78 is 7.22. The maximum atomic E-state index is 14.0. The smallest absolute Gasteiger partial charge is 0.410 e. The van der Waals surface area contributed by atoms with Crippen molar-refractivity contribution in [3.05, 3.63) is 80.7 Å². The van der Waals surface area contributed by atoms with Gasteiger partial charge in [-0.3, -0.25) is 4.57 Å². The number of nitrogen functional groups attached to an aromatic ring is 1. The number of nitrogens with zero attached hydrogens (tertiary/aromatic N) is 4. The Hall–Kier alpha value is -4.37. The van der Waals surface area contributed by atoms with E-state index in [9.17, 15) is 9.59 Å². The van der Waals surface area contributed by atoms with E-state index in [0.29, 0.717) is 64.7 Å². The Kier molecular flexibility index (Phi) is 8.44. The van der Waals surface area contributed by atoms with Gasteiger partial charge in [-0.15, -0.1) is 0 Å². The number of aryl methyl sites for hydroxylation is 1. The molecule has 3 aromatic carbocycles. The van der Waals surface area contributed by atoms with Crippen LogP contribution in [0.3, 0.4) is 0 Å². The summed E-state index contributed by atoms with van der Waals surface area (Å²) in [5, 5.41) is 9.26. The van der Waals surface area contributed by atoms with Gasteiger partial charge in [0.15, 0.2) is 0 Å². The molecule has 2 heterocycles. The summed E-state index contributed by atoms with van der Waals surface area (Å²) in [4.78, 5) is 35.1. The molecule has 1 fully saturated rings. The molecule has 230 valence electrons. The zero-order valence-electron chi connectivity index (χ0n) is 26.1. The Labute approximate surface area is 262 Å². The molecule has 10 heteroatoms. The van der Waals surface area contributed by atoms with E-state index < -0.39 is 11.3 Å². The monoisotopic (exact) mass is 614 g/mol. The molecule has 5 rings (SSSR count). The molecule has 44 heavy (non-hydrogen) atoms. The third-order valence-corrected chi connectivity index (χ3v) is 8.20. The Morgan fingerprint density at radius 1 is 1.09 bits per heavy atom. The van der Waals surface area contributed by atoms with Crippen LogP contribution >= 0.6 is 11.6 Å². The number of hydrogen-bond donors (Lipinski definition) is 2. The lowest BCUT2D eigenvalue weighted by Gasteiger charge is -2.36. The third-order valence-electron chi connectivity index (χ3n) is 7.89. The van der Waals surface area contributed by atoms with E-state index in [2.05, 4.69) is 18.8 Å². The number of aromatic nitrogens is 2. The van der Waals surface area contributed by atoms with Crippen molar-refractivity contribution in [2.24, 2.45) is 0 Å². The lowest BCUT2D eigenvalue weighted by atomic mass is 9.93. The van der Waals surface area contributed by atoms with Crippen molar-refractivity contribution >= 4 is 46.3 Å². The number of carbonyl (C=O) groups is 1. The Morgan fingerprint density at radius 3 is 2.41 bits per heavy atom. The Balaban J connectivity index is 1.72. The predicted octanol–water partition coefficient (Wildman–Crippen LogP) is 6.77. The van der Waals surface area contributed by atoms with E-state index in [1.54, 1.807) is 15.5 Å². The summed E-state index contributed by atoms with van der Waals surface area (Å²) in [6, 6.07) is 15.3. The number of hydrogen-bond acceptors (Lipinski definition) is 7. The van der Waals surface area contributed by atoms with Gasteiger partial charge in [-0.1, -0.05) is 49.7 Å². The number of carbonyl (C=O) groups excluding carboxylic acids is 1. The van der Waals surface area contributed by atoms with Crippen LogP contribution in [0, 0.1) is 12.3 Å². The fourth-order valence-electron chi connectivity index (χ4n) is 5.76. The molecule has 0 bridgehead atoms. The van der Waals surface area contributed by atoms with Crippen LogP contribution in [0.4, 0.5) is 16.3 Å². The average Bonchev–Trinajstić information content (AvgIpc) is 2.97. The van der Waals surface area contributed by atoms with Crippen LogP contribution in [0.25, 0.3) is 27.7 Å². The lowest BCUT2D eigenvalue weighted by molar-refractivity contribution is 0.0240. The van der Waals surface area contributed by atoms with Gasteiger partial charge in [0.2, 0.25) is 0 Å². The molecule has 4 aromatic rings. The van der Waals surface area contributed by atoms with Gasteiger partial charge in [0.1, 0.15) is 11.4 Å². The summed E-state index contributed by atoms with van der Waals surface area (Å²) in [5.74, 6) is 0.665. The molecule has 1 amide bonds. The van der Waals surface area contributed by atoms with Crippen LogP contribution in [0.5, 0.6) is 0 Å². The second-order valence-corrected chi connectivity index (χ2v) is 12.9. The first-order chi connectivity index (χ1) is 20.8.